The number of pyridine rings is 1. The molecule has 0 aliphatic rings. The quantitative estimate of drug-likeness (QED) is 0.289. The van der Waals surface area contributed by atoms with Crippen LogP contribution in [0.4, 0.5) is 0 Å². The lowest BCUT2D eigenvalue weighted by Gasteiger charge is -2.15. The molecule has 0 saturated carbocycles. The summed E-state index contributed by atoms with van der Waals surface area (Å²) in [5.74, 6) is -0.456. The Morgan fingerprint density at radius 1 is 1.07 bits per heavy atom. The lowest BCUT2D eigenvalue weighted by Crippen LogP contribution is -2.24. The molecule has 7 heteroatoms. The van der Waals surface area contributed by atoms with Crippen LogP contribution in [-0.4, -0.2) is 35.7 Å². The molecule has 0 fully saturated rings. The first-order valence-electron chi connectivity index (χ1n) is 9.88. The van der Waals surface area contributed by atoms with Crippen LogP contribution >= 0.6 is 0 Å². The van der Waals surface area contributed by atoms with Gasteiger partial charge in [-0.1, -0.05) is 31.0 Å². The number of hydrogen-bond donors (Lipinski definition) is 3. The second-order valence-corrected chi connectivity index (χ2v) is 6.84. The Bertz CT molecular complexity index is 750. The zero-order valence-corrected chi connectivity index (χ0v) is 16.8. The third kappa shape index (κ3) is 8.01. The number of benzene rings is 1. The Hall–Kier alpha value is -2.77. The number of nitrogens with one attached hydrogen (secondary N) is 2. The van der Waals surface area contributed by atoms with Crippen LogP contribution in [0.5, 0.6) is 0 Å². The summed E-state index contributed by atoms with van der Waals surface area (Å²) in [6.45, 7) is 0.595. The summed E-state index contributed by atoms with van der Waals surface area (Å²) in [7, 11) is 1.67. The first-order chi connectivity index (χ1) is 14.1. The molecule has 0 bridgehead atoms. The molecule has 0 aliphatic heterocycles. The average Bonchev–Trinajstić information content (AvgIpc) is 2.77. The molecule has 2 aromatic rings. The molecule has 0 saturated heterocycles. The molecule has 156 valence electrons. The molecular weight excluding hydrogens is 370 g/mol. The molecule has 2 amide bonds. The van der Waals surface area contributed by atoms with Gasteiger partial charge >= 0.3 is 0 Å². The number of methoxy groups -OCH3 is 1. The number of hydrogen-bond acceptors (Lipinski definition) is 5. The normalized spacial score (nSPS) is 11.7. The molecule has 1 aromatic carbocycles. The van der Waals surface area contributed by atoms with E-state index >= 15 is 0 Å². The van der Waals surface area contributed by atoms with E-state index in [4.69, 9.17) is 9.94 Å². The van der Waals surface area contributed by atoms with Gasteiger partial charge in [-0.15, -0.1) is 0 Å². The molecule has 2 rings (SSSR count). The van der Waals surface area contributed by atoms with Crippen molar-refractivity contribution in [1.29, 1.82) is 0 Å². The number of ether oxygens (including phenoxy) is 1. The zero-order chi connectivity index (χ0) is 20.9. The van der Waals surface area contributed by atoms with E-state index in [1.54, 1.807) is 18.8 Å². The predicted octanol–water partition coefficient (Wildman–Crippen LogP) is 3.20. The molecule has 0 radical (unpaired) electrons. The molecule has 1 heterocycles. The van der Waals surface area contributed by atoms with Gasteiger partial charge in [0.15, 0.2) is 0 Å². The van der Waals surface area contributed by atoms with Gasteiger partial charge in [0, 0.05) is 38.3 Å². The van der Waals surface area contributed by atoms with Crippen LogP contribution in [0, 0.1) is 0 Å². The van der Waals surface area contributed by atoms with Crippen LogP contribution < -0.4 is 10.8 Å². The van der Waals surface area contributed by atoms with Gasteiger partial charge in [-0.05, 0) is 42.7 Å². The monoisotopic (exact) mass is 399 g/mol. The standard InChI is InChI=1S/C22H29N3O4/c1-29-20(19-8-5-7-14-23-19)16-17-10-12-18(13-11-17)22(27)24-15-6-3-2-4-9-21(26)25-28/h5,7-8,10-14,20,28H,2-4,6,9,15-16H2,1H3,(H,24,27)(H,25,26). The van der Waals surface area contributed by atoms with Crippen molar-refractivity contribution >= 4 is 11.8 Å². The first kappa shape index (κ1) is 22.5. The Balaban J connectivity index is 1.72. The minimum atomic E-state index is -0.362. The van der Waals surface area contributed by atoms with Crippen LogP contribution in [-0.2, 0) is 16.0 Å². The van der Waals surface area contributed by atoms with Crippen LogP contribution in [0.2, 0.25) is 0 Å². The summed E-state index contributed by atoms with van der Waals surface area (Å²) >= 11 is 0. The maximum absolute atomic E-state index is 12.2. The molecular formula is C22H29N3O4. The molecule has 1 unspecified atom stereocenters. The minimum Gasteiger partial charge on any atom is -0.375 e. The summed E-state index contributed by atoms with van der Waals surface area (Å²) in [5.41, 5.74) is 4.20. The molecule has 1 aromatic heterocycles. The number of aromatic nitrogens is 1. The summed E-state index contributed by atoms with van der Waals surface area (Å²) in [5, 5.41) is 11.3. The molecule has 7 nitrogen and oxygen atoms in total. The van der Waals surface area contributed by atoms with Gasteiger partial charge in [0.05, 0.1) is 5.69 Å². The largest absolute Gasteiger partial charge is 0.375 e. The van der Waals surface area contributed by atoms with Gasteiger partial charge in [-0.2, -0.15) is 0 Å². The number of amides is 2. The third-order valence-electron chi connectivity index (χ3n) is 4.68. The van der Waals surface area contributed by atoms with E-state index in [0.29, 0.717) is 24.9 Å². The van der Waals surface area contributed by atoms with Gasteiger partial charge in [-0.3, -0.25) is 19.8 Å². The third-order valence-corrected chi connectivity index (χ3v) is 4.68. The Morgan fingerprint density at radius 3 is 2.48 bits per heavy atom. The van der Waals surface area contributed by atoms with Crippen molar-refractivity contribution in [2.45, 2.75) is 44.6 Å². The van der Waals surface area contributed by atoms with Crippen LogP contribution in [0.1, 0.15) is 59.8 Å². The molecule has 0 spiro atoms. The molecule has 29 heavy (non-hydrogen) atoms. The van der Waals surface area contributed by atoms with E-state index in [9.17, 15) is 9.59 Å². The second kappa shape index (κ2) is 12.6. The van der Waals surface area contributed by atoms with Gasteiger partial charge < -0.3 is 10.1 Å². The van der Waals surface area contributed by atoms with E-state index in [1.807, 2.05) is 42.5 Å². The van der Waals surface area contributed by atoms with Crippen LogP contribution in [0.3, 0.4) is 0 Å². The number of carbonyl (C=O) groups excluding carboxylic acids is 2. The SMILES string of the molecule is COC(Cc1ccc(C(=O)NCCCCCCC(=O)NO)cc1)c1ccccn1. The van der Waals surface area contributed by atoms with Crippen LogP contribution in [0.15, 0.2) is 48.7 Å². The number of carbonyl (C=O) groups is 2. The highest BCUT2D eigenvalue weighted by Crippen LogP contribution is 2.20. The first-order valence-corrected chi connectivity index (χ1v) is 9.88. The van der Waals surface area contributed by atoms with Crippen molar-refractivity contribution < 1.29 is 19.5 Å². The molecule has 0 aliphatic carbocycles. The maximum Gasteiger partial charge on any atom is 0.251 e. The fraction of sp³-hybridized carbons (Fsp3) is 0.409. The highest BCUT2D eigenvalue weighted by molar-refractivity contribution is 5.94. The second-order valence-electron chi connectivity index (χ2n) is 6.84. The van der Waals surface area contributed by atoms with E-state index in [1.165, 1.54) is 0 Å². The topological polar surface area (TPSA) is 101 Å². The molecule has 1 atom stereocenters. The van der Waals surface area contributed by atoms with Gasteiger partial charge in [0.2, 0.25) is 5.91 Å². The fourth-order valence-corrected chi connectivity index (χ4v) is 3.01. The van der Waals surface area contributed by atoms with E-state index in [-0.39, 0.29) is 17.9 Å². The predicted molar refractivity (Wildman–Crippen MR) is 109 cm³/mol. The van der Waals surface area contributed by atoms with Crippen molar-refractivity contribution in [3.05, 3.63) is 65.5 Å². The van der Waals surface area contributed by atoms with Gasteiger partial charge in [0.1, 0.15) is 6.10 Å². The van der Waals surface area contributed by atoms with Crippen molar-refractivity contribution in [2.75, 3.05) is 13.7 Å². The van der Waals surface area contributed by atoms with Crippen molar-refractivity contribution in [3.8, 4) is 0 Å². The van der Waals surface area contributed by atoms with Crippen molar-refractivity contribution in [1.82, 2.24) is 15.8 Å². The number of rotatable bonds is 12. The summed E-state index contributed by atoms with van der Waals surface area (Å²) in [6, 6.07) is 13.3. The lowest BCUT2D eigenvalue weighted by molar-refractivity contribution is -0.129. The highest BCUT2D eigenvalue weighted by atomic mass is 16.5. The number of nitrogens with zero attached hydrogens (tertiary/aromatic N) is 1. The number of hydroxylamine groups is 1. The van der Waals surface area contributed by atoms with E-state index in [2.05, 4.69) is 10.3 Å². The summed E-state index contributed by atoms with van der Waals surface area (Å²) in [6.07, 6.45) is 6.01. The Labute approximate surface area is 171 Å². The zero-order valence-electron chi connectivity index (χ0n) is 16.8. The summed E-state index contributed by atoms with van der Waals surface area (Å²) < 4.78 is 5.55. The summed E-state index contributed by atoms with van der Waals surface area (Å²) in [4.78, 5) is 27.5. The van der Waals surface area contributed by atoms with Crippen molar-refractivity contribution in [2.24, 2.45) is 0 Å². The number of unbranched alkanes of at least 4 members (excludes halogenated alkanes) is 3. The van der Waals surface area contributed by atoms with E-state index < -0.39 is 0 Å². The van der Waals surface area contributed by atoms with Crippen molar-refractivity contribution in [3.63, 3.8) is 0 Å². The van der Waals surface area contributed by atoms with Gasteiger partial charge in [0.25, 0.3) is 5.91 Å². The Morgan fingerprint density at radius 2 is 1.83 bits per heavy atom. The smallest absolute Gasteiger partial charge is 0.251 e. The Kier molecular flexibility index (Phi) is 9.82. The molecule has 3 N–H and O–H groups in total. The maximum atomic E-state index is 12.2. The van der Waals surface area contributed by atoms with E-state index in [0.717, 1.165) is 36.9 Å². The minimum absolute atomic E-state index is 0.0933. The fourth-order valence-electron chi connectivity index (χ4n) is 3.01. The van der Waals surface area contributed by atoms with Gasteiger partial charge in [-0.25, -0.2) is 5.48 Å². The average molecular weight is 399 g/mol. The lowest BCUT2D eigenvalue weighted by atomic mass is 10.0. The highest BCUT2D eigenvalue weighted by Gasteiger charge is 2.13. The van der Waals surface area contributed by atoms with Crippen LogP contribution in [0.25, 0.3) is 0 Å².